The molecule has 2 aromatic rings. The summed E-state index contributed by atoms with van der Waals surface area (Å²) in [6.45, 7) is 5.94. The van der Waals surface area contributed by atoms with E-state index < -0.39 is 0 Å². The number of rotatable bonds is 5. The van der Waals surface area contributed by atoms with Crippen LogP contribution in [0.25, 0.3) is 0 Å². The van der Waals surface area contributed by atoms with Gasteiger partial charge < -0.3 is 10.6 Å². The van der Waals surface area contributed by atoms with Crippen LogP contribution in [0.15, 0.2) is 29.9 Å². The maximum atomic E-state index is 12.1. The maximum absolute atomic E-state index is 12.1. The van der Waals surface area contributed by atoms with Gasteiger partial charge in [0.05, 0.1) is 12.1 Å². The number of nitrogens with zero attached hydrogens (tertiary/aromatic N) is 2. The Hall–Kier alpha value is -1.95. The first-order valence-corrected chi connectivity index (χ1v) is 7.87. The lowest BCUT2D eigenvalue weighted by molar-refractivity contribution is 0.233. The van der Waals surface area contributed by atoms with Crippen LogP contribution in [0.1, 0.15) is 48.6 Å². The summed E-state index contributed by atoms with van der Waals surface area (Å²) in [4.78, 5) is 20.5. The number of carbonyl (C=O) groups excluding carboxylic acids is 1. The topological polar surface area (TPSA) is 66.9 Å². The van der Waals surface area contributed by atoms with Crippen LogP contribution in [0.2, 0.25) is 0 Å². The zero-order chi connectivity index (χ0) is 15.2. The molecular weight excluding hydrogens is 284 g/mol. The van der Waals surface area contributed by atoms with Crippen molar-refractivity contribution in [1.29, 1.82) is 0 Å². The fraction of sp³-hybridized carbons (Fsp3) is 0.400. The second-order valence-electron chi connectivity index (χ2n) is 4.91. The predicted octanol–water partition coefficient (Wildman–Crippen LogP) is 3.36. The molecule has 0 spiro atoms. The van der Waals surface area contributed by atoms with Crippen molar-refractivity contribution in [3.8, 4) is 0 Å². The van der Waals surface area contributed by atoms with E-state index >= 15 is 0 Å². The predicted molar refractivity (Wildman–Crippen MR) is 84.2 cm³/mol. The fourth-order valence-electron chi connectivity index (χ4n) is 2.00. The first-order valence-electron chi connectivity index (χ1n) is 6.99. The lowest BCUT2D eigenvalue weighted by Gasteiger charge is -2.18. The third kappa shape index (κ3) is 4.26. The van der Waals surface area contributed by atoms with Crippen molar-refractivity contribution >= 4 is 17.4 Å². The van der Waals surface area contributed by atoms with Crippen molar-refractivity contribution in [1.82, 2.24) is 20.6 Å². The normalized spacial score (nSPS) is 13.5. The van der Waals surface area contributed by atoms with E-state index in [9.17, 15) is 4.79 Å². The van der Waals surface area contributed by atoms with Gasteiger partial charge in [-0.15, -0.1) is 11.3 Å². The van der Waals surface area contributed by atoms with Crippen molar-refractivity contribution in [2.45, 2.75) is 39.3 Å². The molecule has 0 bridgehead atoms. The maximum Gasteiger partial charge on any atom is 0.315 e. The number of pyridine rings is 1. The average molecular weight is 304 g/mol. The first-order chi connectivity index (χ1) is 10.1. The third-order valence-electron chi connectivity index (χ3n) is 3.20. The molecule has 2 aromatic heterocycles. The Bertz CT molecular complexity index is 584. The van der Waals surface area contributed by atoms with Crippen LogP contribution in [-0.4, -0.2) is 16.0 Å². The van der Waals surface area contributed by atoms with Crippen LogP contribution in [0.5, 0.6) is 0 Å². The summed E-state index contributed by atoms with van der Waals surface area (Å²) in [6.07, 6.45) is 4.25. The molecule has 2 N–H and O–H groups in total. The van der Waals surface area contributed by atoms with Gasteiger partial charge in [0.2, 0.25) is 0 Å². The highest BCUT2D eigenvalue weighted by Crippen LogP contribution is 2.20. The molecule has 0 saturated carbocycles. The molecule has 2 rings (SSSR count). The number of hydrogen-bond donors (Lipinski definition) is 2. The molecule has 5 nitrogen and oxygen atoms in total. The van der Waals surface area contributed by atoms with Crippen molar-refractivity contribution in [2.24, 2.45) is 0 Å². The molecular formula is C15H20N4OS. The molecule has 2 atom stereocenters. The van der Waals surface area contributed by atoms with E-state index in [1.54, 1.807) is 23.7 Å². The zero-order valence-electron chi connectivity index (χ0n) is 12.5. The van der Waals surface area contributed by atoms with Gasteiger partial charge >= 0.3 is 6.03 Å². The molecule has 2 heterocycles. The van der Waals surface area contributed by atoms with Gasteiger partial charge in [-0.05, 0) is 38.0 Å². The monoisotopic (exact) mass is 304 g/mol. The Morgan fingerprint density at radius 3 is 2.62 bits per heavy atom. The summed E-state index contributed by atoms with van der Waals surface area (Å²) in [5, 5.41) is 8.86. The molecule has 2 amide bonds. The Kier molecular flexibility index (Phi) is 5.27. The minimum Gasteiger partial charge on any atom is -0.332 e. The zero-order valence-corrected chi connectivity index (χ0v) is 13.3. The van der Waals surface area contributed by atoms with Gasteiger partial charge in [0.25, 0.3) is 0 Å². The van der Waals surface area contributed by atoms with Crippen molar-refractivity contribution in [3.05, 3.63) is 46.2 Å². The summed E-state index contributed by atoms with van der Waals surface area (Å²) in [5.74, 6) is 0. The van der Waals surface area contributed by atoms with Gasteiger partial charge in [-0.3, -0.25) is 4.98 Å². The van der Waals surface area contributed by atoms with Gasteiger partial charge in [-0.1, -0.05) is 6.92 Å². The van der Waals surface area contributed by atoms with E-state index in [-0.39, 0.29) is 18.1 Å². The number of urea groups is 1. The molecule has 0 radical (unpaired) electrons. The third-order valence-corrected chi connectivity index (χ3v) is 4.28. The Labute approximate surface area is 128 Å². The largest absolute Gasteiger partial charge is 0.332 e. The summed E-state index contributed by atoms with van der Waals surface area (Å²) in [6, 6.07) is 3.50. The van der Waals surface area contributed by atoms with Crippen LogP contribution in [0.4, 0.5) is 4.79 Å². The number of nitrogens with one attached hydrogen (secondary N) is 2. The summed E-state index contributed by atoms with van der Waals surface area (Å²) in [7, 11) is 0. The number of thiazole rings is 1. The van der Waals surface area contributed by atoms with Gasteiger partial charge in [-0.2, -0.15) is 0 Å². The number of aryl methyl sites for hydroxylation is 1. The van der Waals surface area contributed by atoms with Crippen molar-refractivity contribution in [3.63, 3.8) is 0 Å². The van der Waals surface area contributed by atoms with Gasteiger partial charge in [0.15, 0.2) is 0 Å². The van der Waals surface area contributed by atoms with Gasteiger partial charge in [0.1, 0.15) is 5.01 Å². The standard InChI is InChI=1S/C15H20N4OS/c1-4-13(14-17-10(2)9-21-14)19-15(20)18-11(3)12-5-7-16-8-6-12/h5-9,11,13H,4H2,1-3H3,(H2,18,19,20). The van der Waals surface area contributed by atoms with Crippen LogP contribution >= 0.6 is 11.3 Å². The molecule has 0 fully saturated rings. The highest BCUT2D eigenvalue weighted by Gasteiger charge is 2.17. The summed E-state index contributed by atoms with van der Waals surface area (Å²) < 4.78 is 0. The number of aromatic nitrogens is 2. The Morgan fingerprint density at radius 2 is 2.05 bits per heavy atom. The highest BCUT2D eigenvalue weighted by atomic mass is 32.1. The van der Waals surface area contributed by atoms with E-state index in [0.29, 0.717) is 0 Å². The molecule has 6 heteroatoms. The Morgan fingerprint density at radius 1 is 1.33 bits per heavy atom. The minimum atomic E-state index is -0.181. The molecule has 0 aliphatic carbocycles. The van der Waals surface area contributed by atoms with Crippen molar-refractivity contribution in [2.75, 3.05) is 0 Å². The van der Waals surface area contributed by atoms with E-state index in [2.05, 4.69) is 20.6 Å². The second kappa shape index (κ2) is 7.17. The molecule has 2 unspecified atom stereocenters. The average Bonchev–Trinajstić information content (AvgIpc) is 2.92. The number of hydrogen-bond acceptors (Lipinski definition) is 4. The van der Waals surface area contributed by atoms with E-state index in [1.165, 1.54) is 0 Å². The molecule has 112 valence electrons. The first kappa shape index (κ1) is 15.4. The molecule has 0 saturated heterocycles. The number of carbonyl (C=O) groups is 1. The minimum absolute atomic E-state index is 0.0478. The number of amides is 2. The highest BCUT2D eigenvalue weighted by molar-refractivity contribution is 7.09. The fourth-order valence-corrected chi connectivity index (χ4v) is 2.93. The summed E-state index contributed by atoms with van der Waals surface area (Å²) >= 11 is 1.58. The van der Waals surface area contributed by atoms with E-state index in [4.69, 9.17) is 0 Å². The quantitative estimate of drug-likeness (QED) is 0.890. The SMILES string of the molecule is CCC(NC(=O)NC(C)c1ccncc1)c1nc(C)cs1. The van der Waals surface area contributed by atoms with Crippen LogP contribution in [0.3, 0.4) is 0 Å². The van der Waals surface area contributed by atoms with Gasteiger partial charge in [-0.25, -0.2) is 9.78 Å². The van der Waals surface area contributed by atoms with Crippen molar-refractivity contribution < 1.29 is 4.79 Å². The van der Waals surface area contributed by atoms with Crippen LogP contribution < -0.4 is 10.6 Å². The molecule has 0 aliphatic rings. The lowest BCUT2D eigenvalue weighted by atomic mass is 10.1. The lowest BCUT2D eigenvalue weighted by Crippen LogP contribution is -2.39. The summed E-state index contributed by atoms with van der Waals surface area (Å²) in [5.41, 5.74) is 2.01. The second-order valence-corrected chi connectivity index (χ2v) is 5.80. The smallest absolute Gasteiger partial charge is 0.315 e. The Balaban J connectivity index is 1.94. The van der Waals surface area contributed by atoms with Crippen LogP contribution in [0, 0.1) is 6.92 Å². The van der Waals surface area contributed by atoms with E-state index in [0.717, 1.165) is 22.7 Å². The molecule has 21 heavy (non-hydrogen) atoms. The van der Waals surface area contributed by atoms with Gasteiger partial charge in [0, 0.05) is 23.5 Å². The molecule has 0 aliphatic heterocycles. The van der Waals surface area contributed by atoms with Crippen LogP contribution in [-0.2, 0) is 0 Å². The molecule has 0 aromatic carbocycles. The van der Waals surface area contributed by atoms with E-state index in [1.807, 2.05) is 38.3 Å².